The van der Waals surface area contributed by atoms with Crippen LogP contribution in [0.25, 0.3) is 5.57 Å². The first kappa shape index (κ1) is 38.6. The number of carboxylic acids is 4. The van der Waals surface area contributed by atoms with E-state index in [1.54, 1.807) is 42.5 Å². The summed E-state index contributed by atoms with van der Waals surface area (Å²) >= 11 is 0. The molecule has 5 rings (SSSR count). The highest BCUT2D eigenvalue weighted by molar-refractivity contribution is 5.91. The second-order valence-corrected chi connectivity index (χ2v) is 12.9. The zero-order valence-corrected chi connectivity index (χ0v) is 30.3. The van der Waals surface area contributed by atoms with Crippen molar-refractivity contribution >= 4 is 46.5 Å². The molecular weight excluding hydrogens is 700 g/mol. The van der Waals surface area contributed by atoms with Gasteiger partial charge in [0.15, 0.2) is 0 Å². The summed E-state index contributed by atoms with van der Waals surface area (Å²) in [4.78, 5) is 53.0. The molecule has 1 aliphatic carbocycles. The largest absolute Gasteiger partial charge is 0.488 e. The first-order valence-electron chi connectivity index (χ1n) is 16.9. The highest BCUT2D eigenvalue weighted by Gasteiger charge is 2.31. The third-order valence-corrected chi connectivity index (χ3v) is 8.57. The fraction of sp³-hybridized carbons (Fsp3) is 0.282. The van der Waals surface area contributed by atoms with Crippen LogP contribution in [-0.4, -0.2) is 123 Å². The van der Waals surface area contributed by atoms with Crippen LogP contribution in [0.2, 0.25) is 0 Å². The van der Waals surface area contributed by atoms with Crippen LogP contribution in [0.1, 0.15) is 11.1 Å². The molecule has 2 aliphatic rings. The average Bonchev–Trinajstić information content (AvgIpc) is 3.10. The van der Waals surface area contributed by atoms with Crippen molar-refractivity contribution in [3.8, 4) is 17.2 Å². The number of nitrogens with zero attached hydrogens (tertiary/aromatic N) is 4. The molecule has 15 nitrogen and oxygen atoms in total. The van der Waals surface area contributed by atoms with Crippen LogP contribution in [0, 0.1) is 0 Å². The summed E-state index contributed by atoms with van der Waals surface area (Å²) < 4.78 is 18.7. The van der Waals surface area contributed by atoms with E-state index in [9.17, 15) is 39.6 Å². The Morgan fingerprint density at radius 2 is 1.24 bits per heavy atom. The average molecular weight is 743 g/mol. The molecule has 0 aromatic heterocycles. The molecule has 1 aliphatic heterocycles. The summed E-state index contributed by atoms with van der Waals surface area (Å²) in [6.45, 7) is -2.58. The number of aliphatic carboxylic acids is 4. The molecule has 0 saturated carbocycles. The molecule has 15 heteroatoms. The Kier molecular flexibility index (Phi) is 12.0. The molecule has 0 bridgehead atoms. The van der Waals surface area contributed by atoms with Crippen molar-refractivity contribution in [3.05, 3.63) is 101 Å². The lowest BCUT2D eigenvalue weighted by Crippen LogP contribution is -2.35. The summed E-state index contributed by atoms with van der Waals surface area (Å²) in [5.41, 5.74) is 5.63. The molecule has 3 aromatic rings. The number of carboxylic acid groups (broad SMARTS) is 4. The van der Waals surface area contributed by atoms with Crippen molar-refractivity contribution in [3.63, 3.8) is 0 Å². The van der Waals surface area contributed by atoms with Crippen molar-refractivity contribution in [1.29, 1.82) is 0 Å². The van der Waals surface area contributed by atoms with Crippen LogP contribution >= 0.6 is 0 Å². The molecule has 0 amide bonds. The number of hydrogen-bond acceptors (Lipinski definition) is 11. The maximum Gasteiger partial charge on any atom is 0.323 e. The van der Waals surface area contributed by atoms with Crippen LogP contribution in [-0.2, 0) is 19.2 Å². The number of hydrogen-bond donors (Lipinski definition) is 4. The first-order chi connectivity index (χ1) is 25.7. The van der Waals surface area contributed by atoms with E-state index in [4.69, 9.17) is 14.2 Å². The van der Waals surface area contributed by atoms with Gasteiger partial charge in [0.25, 0.3) is 0 Å². The van der Waals surface area contributed by atoms with E-state index in [0.29, 0.717) is 11.3 Å². The molecule has 0 spiro atoms. The van der Waals surface area contributed by atoms with Crippen molar-refractivity contribution in [2.75, 3.05) is 82.3 Å². The van der Waals surface area contributed by atoms with Crippen LogP contribution in [0.3, 0.4) is 0 Å². The Morgan fingerprint density at radius 1 is 0.667 bits per heavy atom. The number of fused-ring (bicyclic) bond motifs is 2. The lowest BCUT2D eigenvalue weighted by atomic mass is 9.85. The Hall–Kier alpha value is -6.64. The molecule has 1 unspecified atom stereocenters. The Bertz CT molecular complexity index is 1990. The predicted octanol–water partition coefficient (Wildman–Crippen LogP) is 3.74. The SMILES string of the molecule is CN(C)C1=CC2Oc3cc(N(C)C)ccc3C(c3ccc(N(CC(=O)O)CC(=O)O)c(OCCOc4ccccc4N(CC(=O)O)CC(=O)O)c3)=C2C=C1. The maximum absolute atomic E-state index is 11.9. The normalized spacial score (nSPS) is 14.1. The van der Waals surface area contributed by atoms with E-state index in [1.807, 2.05) is 74.4 Å². The summed E-state index contributed by atoms with van der Waals surface area (Å²) in [6, 6.07) is 17.5. The van der Waals surface area contributed by atoms with Gasteiger partial charge >= 0.3 is 23.9 Å². The molecule has 0 radical (unpaired) electrons. The van der Waals surface area contributed by atoms with Crippen LogP contribution in [0.4, 0.5) is 17.1 Å². The van der Waals surface area contributed by atoms with Gasteiger partial charge in [-0.2, -0.15) is 0 Å². The number of rotatable bonds is 18. The van der Waals surface area contributed by atoms with E-state index >= 15 is 0 Å². The molecule has 3 aromatic carbocycles. The van der Waals surface area contributed by atoms with E-state index < -0.39 is 56.2 Å². The first-order valence-corrected chi connectivity index (χ1v) is 16.9. The number of anilines is 3. The Balaban J connectivity index is 1.53. The van der Waals surface area contributed by atoms with Crippen LogP contribution < -0.4 is 28.9 Å². The van der Waals surface area contributed by atoms with Crippen molar-refractivity contribution in [2.24, 2.45) is 0 Å². The third kappa shape index (κ3) is 9.23. The van der Waals surface area contributed by atoms with Crippen molar-refractivity contribution < 1.29 is 53.8 Å². The standard InChI is InChI=1S/C39H42N4O11/c1-40(2)25-10-12-27-32(18-25)54-33-19-26(41(3)4)11-13-28(33)39(27)24-9-14-30(43(22-37(48)49)23-38(50)51)34(17-24)53-16-15-52-31-8-6-5-7-29(31)42(20-35(44)45)21-36(46)47/h5-14,17-19,32H,15-16,20-23H2,1-4H3,(H,44,45)(H,46,47)(H,48,49)(H,50,51). The monoisotopic (exact) mass is 742 g/mol. The van der Waals surface area contributed by atoms with Gasteiger partial charge in [-0.3, -0.25) is 19.2 Å². The van der Waals surface area contributed by atoms with E-state index in [0.717, 1.165) is 33.0 Å². The Morgan fingerprint density at radius 3 is 1.81 bits per heavy atom. The zero-order chi connectivity index (χ0) is 39.1. The molecule has 1 heterocycles. The number of para-hydroxylation sites is 2. The topological polar surface area (TPSA) is 190 Å². The van der Waals surface area contributed by atoms with E-state index in [-0.39, 0.29) is 36.1 Å². The molecular formula is C39H42N4O11. The molecule has 0 fully saturated rings. The second-order valence-electron chi connectivity index (χ2n) is 12.9. The summed E-state index contributed by atoms with van der Waals surface area (Å²) in [6.07, 6.45) is 5.58. The maximum atomic E-state index is 11.9. The van der Waals surface area contributed by atoms with E-state index in [2.05, 4.69) is 0 Å². The van der Waals surface area contributed by atoms with Gasteiger partial charge in [-0.15, -0.1) is 0 Å². The second kappa shape index (κ2) is 16.8. The van der Waals surface area contributed by atoms with Gasteiger partial charge in [0.2, 0.25) is 0 Å². The van der Waals surface area contributed by atoms with E-state index in [1.165, 1.54) is 4.90 Å². The molecule has 284 valence electrons. The third-order valence-electron chi connectivity index (χ3n) is 8.57. The highest BCUT2D eigenvalue weighted by Crippen LogP contribution is 2.45. The minimum absolute atomic E-state index is 0.0899. The summed E-state index contributed by atoms with van der Waals surface area (Å²) in [5, 5.41) is 38.1. The number of benzene rings is 3. The minimum Gasteiger partial charge on any atom is -0.488 e. The van der Waals surface area contributed by atoms with Gasteiger partial charge < -0.3 is 54.2 Å². The van der Waals surface area contributed by atoms with Crippen LogP contribution in [0.5, 0.6) is 17.2 Å². The minimum atomic E-state index is -1.24. The van der Waals surface area contributed by atoms with Gasteiger partial charge in [0.1, 0.15) is 62.7 Å². The summed E-state index contributed by atoms with van der Waals surface area (Å²) in [7, 11) is 7.76. The van der Waals surface area contributed by atoms with Crippen molar-refractivity contribution in [1.82, 2.24) is 4.90 Å². The number of carbonyl (C=O) groups is 4. The number of likely N-dealkylation sites (N-methyl/N-ethyl adjacent to an activating group) is 1. The van der Waals surface area contributed by atoms with Gasteiger partial charge in [-0.1, -0.05) is 24.3 Å². The van der Waals surface area contributed by atoms with Gasteiger partial charge in [-0.25, -0.2) is 0 Å². The lowest BCUT2D eigenvalue weighted by molar-refractivity contribution is -0.138. The molecule has 0 saturated heterocycles. The number of allylic oxidation sites excluding steroid dienone is 1. The molecule has 4 N–H and O–H groups in total. The zero-order valence-electron chi connectivity index (χ0n) is 30.3. The van der Waals surface area contributed by atoms with Crippen LogP contribution in [0.15, 0.2) is 90.2 Å². The quantitative estimate of drug-likeness (QED) is 0.138. The number of ether oxygens (including phenoxy) is 3. The highest BCUT2D eigenvalue weighted by atomic mass is 16.5. The fourth-order valence-electron chi connectivity index (χ4n) is 6.20. The van der Waals surface area contributed by atoms with Crippen molar-refractivity contribution in [2.45, 2.75) is 6.10 Å². The molecule has 1 atom stereocenters. The Labute approximate surface area is 311 Å². The smallest absolute Gasteiger partial charge is 0.323 e. The summed E-state index contributed by atoms with van der Waals surface area (Å²) in [5.74, 6) is -3.85. The van der Waals surface area contributed by atoms with Gasteiger partial charge in [-0.05, 0) is 59.7 Å². The molecule has 54 heavy (non-hydrogen) atoms. The predicted molar refractivity (Wildman–Crippen MR) is 201 cm³/mol. The lowest BCUT2D eigenvalue weighted by Gasteiger charge is -2.33. The fourth-order valence-corrected chi connectivity index (χ4v) is 6.20. The van der Waals surface area contributed by atoms with Gasteiger partial charge in [0, 0.05) is 56.8 Å². The van der Waals surface area contributed by atoms with Gasteiger partial charge in [0.05, 0.1) is 11.4 Å².